The van der Waals surface area contributed by atoms with Crippen LogP contribution in [0.1, 0.15) is 149 Å². The lowest BCUT2D eigenvalue weighted by Crippen LogP contribution is -1.87. The van der Waals surface area contributed by atoms with Crippen molar-refractivity contribution in [1.29, 1.82) is 0 Å². The van der Waals surface area contributed by atoms with E-state index in [1.54, 1.807) is 0 Å². The van der Waals surface area contributed by atoms with Gasteiger partial charge in [0.2, 0.25) is 0 Å². The van der Waals surface area contributed by atoms with Crippen molar-refractivity contribution in [2.45, 2.75) is 107 Å². The molecule has 10 rings (SSSR count). The van der Waals surface area contributed by atoms with Crippen LogP contribution >= 0.6 is 0 Å². The quantitative estimate of drug-likeness (QED) is 0.122. The second-order valence-corrected chi connectivity index (χ2v) is 16.8. The first-order valence-corrected chi connectivity index (χ1v) is 23.5. The average molecular weight is 845 g/mol. The Labute approximate surface area is 376 Å². The summed E-state index contributed by atoms with van der Waals surface area (Å²) in [5.74, 6) is 0. The molecule has 4 aliphatic heterocycles. The molecule has 0 spiro atoms. The van der Waals surface area contributed by atoms with Crippen molar-refractivity contribution in [3.63, 3.8) is 0 Å². The smallest absolute Gasteiger partial charge is 0.0693 e. The first kappa shape index (κ1) is 42.5. The van der Waals surface area contributed by atoms with Gasteiger partial charge >= 0.3 is 0 Å². The normalized spacial score (nSPS) is 13.2. The van der Waals surface area contributed by atoms with E-state index in [1.807, 2.05) is 48.6 Å². The Morgan fingerprint density at radius 1 is 0.297 bits per heavy atom. The minimum Gasteiger partial charge on any atom is -0.355 e. The summed E-state index contributed by atoms with van der Waals surface area (Å²) in [6, 6.07) is 25.6. The molecule has 0 saturated heterocycles. The topological polar surface area (TPSA) is 115 Å². The van der Waals surface area contributed by atoms with E-state index in [-0.39, 0.29) is 0 Å². The summed E-state index contributed by atoms with van der Waals surface area (Å²) >= 11 is 0. The van der Waals surface area contributed by atoms with Crippen LogP contribution in [0.15, 0.2) is 72.8 Å². The minimum absolute atomic E-state index is 0.939. The first-order chi connectivity index (χ1) is 31.3. The molecule has 8 heteroatoms. The Bertz CT molecular complexity index is 2850. The zero-order chi connectivity index (χ0) is 44.5. The van der Waals surface area contributed by atoms with Crippen LogP contribution in [-0.2, 0) is 25.7 Å². The number of H-pyrrole nitrogens is 4. The highest BCUT2D eigenvalue weighted by Crippen LogP contribution is 2.38. The van der Waals surface area contributed by atoms with E-state index in [0.29, 0.717) is 0 Å². The predicted octanol–water partition coefficient (Wildman–Crippen LogP) is 14.7. The third-order valence-electron chi connectivity index (χ3n) is 13.0. The second-order valence-electron chi connectivity index (χ2n) is 16.8. The summed E-state index contributed by atoms with van der Waals surface area (Å²) in [6.45, 7) is 18.1. The van der Waals surface area contributed by atoms with Crippen molar-refractivity contribution in [3.8, 4) is 0 Å². The third-order valence-corrected chi connectivity index (χ3v) is 13.0. The van der Waals surface area contributed by atoms with Gasteiger partial charge in [-0.15, -0.1) is 0 Å². The molecule has 8 nitrogen and oxygen atoms in total. The number of allylic oxidation sites excluding steroid dienone is 4. The Balaban J connectivity index is 0.000000182. The number of nitrogens with one attached hydrogen (secondary N) is 4. The summed E-state index contributed by atoms with van der Waals surface area (Å²) in [7, 11) is 0. The molecule has 0 atom stereocenters. The van der Waals surface area contributed by atoms with E-state index in [4.69, 9.17) is 9.97 Å². The molecule has 6 aromatic heterocycles. The number of hydrogen-bond donors (Lipinski definition) is 4. The van der Waals surface area contributed by atoms with Crippen LogP contribution in [-0.4, -0.2) is 39.9 Å². The highest BCUT2D eigenvalue weighted by atomic mass is 14.8. The molecule has 6 aromatic rings. The number of aromatic nitrogens is 8. The minimum atomic E-state index is 0.939. The van der Waals surface area contributed by atoms with Crippen LogP contribution in [0.4, 0.5) is 0 Å². The van der Waals surface area contributed by atoms with Gasteiger partial charge in [0, 0.05) is 44.1 Å². The third kappa shape index (κ3) is 8.13. The van der Waals surface area contributed by atoms with E-state index in [2.05, 4.69) is 134 Å². The highest BCUT2D eigenvalue weighted by molar-refractivity contribution is 5.96. The Morgan fingerprint density at radius 3 is 0.766 bits per heavy atom. The summed E-state index contributed by atoms with van der Waals surface area (Å²) in [5.41, 5.74) is 28.1. The number of nitrogens with zero attached hydrogens (tertiary/aromatic N) is 4. The van der Waals surface area contributed by atoms with Gasteiger partial charge in [0.25, 0.3) is 0 Å². The molecule has 0 amide bonds. The van der Waals surface area contributed by atoms with E-state index < -0.39 is 0 Å². The maximum atomic E-state index is 5.29. The van der Waals surface area contributed by atoms with Crippen molar-refractivity contribution in [3.05, 3.63) is 141 Å². The van der Waals surface area contributed by atoms with E-state index in [0.717, 1.165) is 119 Å². The standard InChI is InChI=1S/C36H46N4.C20H14N4/c1-9-21-22(10-2)30-18-32-25(13-5)26(14-6)34(39-32)20-36-28(16-8)27(15-7)35(40-36)19-33-24(12-4)23(11-3)31(38-33)17-29(21)37-30;1-2-14-10-16-5-6-18(23-16)12-20-8-7-19(24-20)11-17-4-3-15(22-17)9-13(1)21-14/h17-20,37,40H,9-16H2,1-8H3;1-12,21,24H. The maximum absolute atomic E-state index is 5.29. The number of aryl methyl sites for hydroxylation is 4. The van der Waals surface area contributed by atoms with Gasteiger partial charge in [-0.25, -0.2) is 19.9 Å². The van der Waals surface area contributed by atoms with Gasteiger partial charge in [-0.3, -0.25) is 0 Å². The molecule has 0 fully saturated rings. The summed E-state index contributed by atoms with van der Waals surface area (Å²) in [5, 5.41) is 0. The molecular formula is C56H60N8. The molecule has 64 heavy (non-hydrogen) atoms. The Hall–Kier alpha value is -6.80. The van der Waals surface area contributed by atoms with Crippen LogP contribution < -0.4 is 0 Å². The zero-order valence-corrected chi connectivity index (χ0v) is 38.7. The van der Waals surface area contributed by atoms with Gasteiger partial charge in [-0.1, -0.05) is 55.4 Å². The Morgan fingerprint density at radius 2 is 0.547 bits per heavy atom. The molecule has 0 aliphatic carbocycles. The van der Waals surface area contributed by atoms with E-state index in [1.165, 1.54) is 66.6 Å². The van der Waals surface area contributed by atoms with Crippen LogP contribution in [0.3, 0.4) is 0 Å². The predicted molar refractivity (Wildman–Crippen MR) is 272 cm³/mol. The summed E-state index contributed by atoms with van der Waals surface area (Å²) in [4.78, 5) is 34.3. The van der Waals surface area contributed by atoms with Gasteiger partial charge in [0.1, 0.15) is 0 Å². The first-order valence-electron chi connectivity index (χ1n) is 23.5. The monoisotopic (exact) mass is 844 g/mol. The lowest BCUT2D eigenvalue weighted by atomic mass is 9.98. The summed E-state index contributed by atoms with van der Waals surface area (Å²) < 4.78 is 0. The average Bonchev–Trinajstić information content (AvgIpc) is 4.17. The van der Waals surface area contributed by atoms with Gasteiger partial charge in [-0.2, -0.15) is 0 Å². The second kappa shape index (κ2) is 18.1. The molecule has 0 saturated carbocycles. The fraction of sp³-hybridized carbons (Fsp3) is 0.286. The van der Waals surface area contributed by atoms with E-state index in [9.17, 15) is 0 Å². The fourth-order valence-corrected chi connectivity index (χ4v) is 10.0. The zero-order valence-electron chi connectivity index (χ0n) is 38.7. The molecule has 4 aliphatic rings. The van der Waals surface area contributed by atoms with Crippen molar-refractivity contribution < 1.29 is 0 Å². The largest absolute Gasteiger partial charge is 0.355 e. The molecule has 0 unspecified atom stereocenters. The maximum Gasteiger partial charge on any atom is 0.0693 e. The molecule has 0 aromatic carbocycles. The number of aromatic amines is 4. The van der Waals surface area contributed by atoms with Crippen molar-refractivity contribution in [1.82, 2.24) is 39.9 Å². The van der Waals surface area contributed by atoms with Gasteiger partial charge in [-0.05, 0) is 193 Å². The molecule has 0 radical (unpaired) electrons. The number of hydrogen-bond acceptors (Lipinski definition) is 4. The van der Waals surface area contributed by atoms with Crippen molar-refractivity contribution in [2.75, 3.05) is 0 Å². The molecule has 16 bridgehead atoms. The van der Waals surface area contributed by atoms with Crippen molar-refractivity contribution >= 4 is 90.7 Å². The Kier molecular flexibility index (Phi) is 12.0. The molecular weight excluding hydrogens is 785 g/mol. The lowest BCUT2D eigenvalue weighted by molar-refractivity contribution is 1.07. The highest BCUT2D eigenvalue weighted by Gasteiger charge is 2.22. The van der Waals surface area contributed by atoms with Crippen LogP contribution in [0.5, 0.6) is 0 Å². The summed E-state index contributed by atoms with van der Waals surface area (Å²) in [6.07, 6.45) is 15.9. The van der Waals surface area contributed by atoms with Crippen LogP contribution in [0.2, 0.25) is 0 Å². The van der Waals surface area contributed by atoms with Crippen LogP contribution in [0.25, 0.3) is 90.7 Å². The van der Waals surface area contributed by atoms with E-state index >= 15 is 0 Å². The SMILES string of the molecule is C1=Cc2cc3ccc(cc4nc(cc5ccc(cc1n2)[nH]5)C=C4)[nH]3.CCC1=C(CC)c2cc3[nH]c(cc4nc(cc5[nH]c(cc1n2)c(CC)c5CC)C(CC)=C4CC)c(CC)c3CC. The lowest BCUT2D eigenvalue weighted by Gasteiger charge is -2.03. The number of rotatable bonds is 8. The number of fused-ring (bicyclic) bond motifs is 16. The van der Waals surface area contributed by atoms with Gasteiger partial charge in [0.05, 0.1) is 45.6 Å². The van der Waals surface area contributed by atoms with Gasteiger partial charge in [0.15, 0.2) is 0 Å². The molecule has 324 valence electrons. The molecule has 10 heterocycles. The van der Waals surface area contributed by atoms with Gasteiger partial charge < -0.3 is 19.9 Å². The fourth-order valence-electron chi connectivity index (χ4n) is 10.0. The van der Waals surface area contributed by atoms with Crippen molar-refractivity contribution in [2.24, 2.45) is 0 Å². The molecule has 4 N–H and O–H groups in total. The van der Waals surface area contributed by atoms with Crippen LogP contribution in [0, 0.1) is 0 Å².